The Labute approximate surface area is 107 Å². The number of aromatic nitrogens is 1. The zero-order valence-electron chi connectivity index (χ0n) is 11.0. The van der Waals surface area contributed by atoms with Crippen LogP contribution in [0.4, 0.5) is 0 Å². The Bertz CT molecular complexity index is 563. The summed E-state index contributed by atoms with van der Waals surface area (Å²) in [6.07, 6.45) is 2.30. The van der Waals surface area contributed by atoms with Crippen molar-refractivity contribution in [2.24, 2.45) is 0 Å². The maximum atomic E-state index is 11.8. The van der Waals surface area contributed by atoms with E-state index in [9.17, 15) is 9.90 Å². The van der Waals surface area contributed by atoms with E-state index in [2.05, 4.69) is 4.98 Å². The summed E-state index contributed by atoms with van der Waals surface area (Å²) in [4.78, 5) is 15.1. The van der Waals surface area contributed by atoms with Crippen molar-refractivity contribution in [1.82, 2.24) is 4.98 Å². The van der Waals surface area contributed by atoms with Crippen LogP contribution < -0.4 is 0 Å². The average Bonchev–Trinajstić information content (AvgIpc) is 2.71. The fourth-order valence-electron chi connectivity index (χ4n) is 2.14. The first-order valence-corrected chi connectivity index (χ1v) is 6.21. The van der Waals surface area contributed by atoms with Crippen LogP contribution in [0.3, 0.4) is 0 Å². The number of para-hydroxylation sites is 1. The van der Waals surface area contributed by atoms with Crippen LogP contribution in [-0.4, -0.2) is 21.5 Å². The number of nitrogens with one attached hydrogen (secondary N) is 1. The third-order valence-corrected chi connectivity index (χ3v) is 3.33. The second-order valence-corrected chi connectivity index (χ2v) is 5.38. The van der Waals surface area contributed by atoms with E-state index in [0.29, 0.717) is 6.42 Å². The first-order chi connectivity index (χ1) is 8.39. The minimum absolute atomic E-state index is 0.0973. The molecule has 18 heavy (non-hydrogen) atoms. The van der Waals surface area contributed by atoms with E-state index in [0.717, 1.165) is 16.5 Å². The van der Waals surface area contributed by atoms with Gasteiger partial charge in [-0.05, 0) is 31.4 Å². The zero-order chi connectivity index (χ0) is 13.3. The molecular formula is C15H19NO2. The van der Waals surface area contributed by atoms with Crippen molar-refractivity contribution in [3.63, 3.8) is 0 Å². The largest absolute Gasteiger partial charge is 0.383 e. The Morgan fingerprint density at radius 1 is 1.39 bits per heavy atom. The maximum absolute atomic E-state index is 11.8. The van der Waals surface area contributed by atoms with Gasteiger partial charge in [0, 0.05) is 23.5 Å². The molecule has 0 aliphatic carbocycles. The lowest BCUT2D eigenvalue weighted by atomic mass is 9.90. The quantitative estimate of drug-likeness (QED) is 0.870. The topological polar surface area (TPSA) is 53.1 Å². The van der Waals surface area contributed by atoms with Gasteiger partial charge >= 0.3 is 0 Å². The Morgan fingerprint density at radius 2 is 2.06 bits per heavy atom. The summed E-state index contributed by atoms with van der Waals surface area (Å²) >= 11 is 0. The van der Waals surface area contributed by atoms with Gasteiger partial charge in [-0.25, -0.2) is 0 Å². The lowest BCUT2D eigenvalue weighted by Gasteiger charge is -2.18. The van der Waals surface area contributed by atoms with Crippen LogP contribution in [0.5, 0.6) is 0 Å². The van der Waals surface area contributed by atoms with Crippen molar-refractivity contribution in [2.75, 3.05) is 0 Å². The lowest BCUT2D eigenvalue weighted by molar-refractivity contribution is -0.134. The van der Waals surface area contributed by atoms with E-state index in [-0.39, 0.29) is 11.7 Å². The van der Waals surface area contributed by atoms with Crippen molar-refractivity contribution in [3.8, 4) is 0 Å². The van der Waals surface area contributed by atoms with E-state index in [4.69, 9.17) is 0 Å². The maximum Gasteiger partial charge on any atom is 0.164 e. The summed E-state index contributed by atoms with van der Waals surface area (Å²) < 4.78 is 0. The number of aliphatic hydroxyl groups is 1. The van der Waals surface area contributed by atoms with Crippen molar-refractivity contribution < 1.29 is 9.90 Å². The predicted octanol–water partition coefficient (Wildman–Crippen LogP) is 3.00. The Hall–Kier alpha value is -1.61. The normalized spacial score (nSPS) is 13.8. The molecule has 0 saturated heterocycles. The van der Waals surface area contributed by atoms with Gasteiger partial charge in [0.15, 0.2) is 5.78 Å². The number of hydrogen-bond acceptors (Lipinski definition) is 2. The molecule has 3 heteroatoms. The van der Waals surface area contributed by atoms with Crippen molar-refractivity contribution in [1.29, 1.82) is 0 Å². The minimum atomic E-state index is -1.25. The highest BCUT2D eigenvalue weighted by atomic mass is 16.3. The molecule has 2 N–H and O–H groups in total. The number of ketones is 1. The molecule has 1 heterocycles. The molecule has 0 fully saturated rings. The second kappa shape index (κ2) is 4.58. The summed E-state index contributed by atoms with van der Waals surface area (Å²) in [5.41, 5.74) is 0.957. The van der Waals surface area contributed by atoms with Gasteiger partial charge in [-0.1, -0.05) is 25.1 Å². The smallest absolute Gasteiger partial charge is 0.164 e. The minimum Gasteiger partial charge on any atom is -0.383 e. The SMILES string of the molecule is C[C@@H](CC(=O)C(C)(C)O)c1c[nH]c2ccccc12. The lowest BCUT2D eigenvalue weighted by Crippen LogP contribution is -2.31. The fourth-order valence-corrected chi connectivity index (χ4v) is 2.14. The second-order valence-electron chi connectivity index (χ2n) is 5.38. The molecule has 0 spiro atoms. The molecule has 0 aliphatic rings. The third-order valence-electron chi connectivity index (χ3n) is 3.33. The number of H-pyrrole nitrogens is 1. The average molecular weight is 245 g/mol. The molecule has 0 unspecified atom stereocenters. The number of fused-ring (bicyclic) bond motifs is 1. The molecule has 0 saturated carbocycles. The van der Waals surface area contributed by atoms with Gasteiger partial charge in [-0.2, -0.15) is 0 Å². The number of benzene rings is 1. The van der Waals surface area contributed by atoms with Gasteiger partial charge in [0.1, 0.15) is 5.60 Å². The van der Waals surface area contributed by atoms with E-state index >= 15 is 0 Å². The zero-order valence-corrected chi connectivity index (χ0v) is 11.0. The van der Waals surface area contributed by atoms with Crippen LogP contribution in [0.25, 0.3) is 10.9 Å². The molecule has 0 bridgehead atoms. The molecule has 1 aromatic carbocycles. The number of Topliss-reactive ketones (excluding diaryl/α,β-unsaturated/α-hetero) is 1. The van der Waals surface area contributed by atoms with Crippen LogP contribution in [0.2, 0.25) is 0 Å². The summed E-state index contributed by atoms with van der Waals surface area (Å²) in [6.45, 7) is 5.09. The number of carbonyl (C=O) groups is 1. The van der Waals surface area contributed by atoms with Crippen LogP contribution in [-0.2, 0) is 4.79 Å². The molecule has 0 amide bonds. The number of carbonyl (C=O) groups excluding carboxylic acids is 1. The predicted molar refractivity (Wildman–Crippen MR) is 72.6 cm³/mol. The van der Waals surface area contributed by atoms with Crippen LogP contribution >= 0.6 is 0 Å². The molecule has 2 rings (SSSR count). The summed E-state index contributed by atoms with van der Waals surface area (Å²) in [5, 5.41) is 10.8. The molecular weight excluding hydrogens is 226 g/mol. The van der Waals surface area contributed by atoms with Crippen molar-refractivity contribution in [3.05, 3.63) is 36.0 Å². The Balaban J connectivity index is 2.24. The fraction of sp³-hybridized carbons (Fsp3) is 0.400. The number of aromatic amines is 1. The summed E-state index contributed by atoms with van der Waals surface area (Å²) in [5.74, 6) is -0.0274. The van der Waals surface area contributed by atoms with Gasteiger partial charge in [-0.3, -0.25) is 4.79 Å². The molecule has 0 radical (unpaired) electrons. The summed E-state index contributed by atoms with van der Waals surface area (Å²) in [6, 6.07) is 8.04. The Morgan fingerprint density at radius 3 is 2.72 bits per heavy atom. The monoisotopic (exact) mass is 245 g/mol. The summed E-state index contributed by atoms with van der Waals surface area (Å²) in [7, 11) is 0. The highest BCUT2D eigenvalue weighted by Gasteiger charge is 2.26. The molecule has 0 aliphatic heterocycles. The van der Waals surface area contributed by atoms with E-state index < -0.39 is 5.60 Å². The van der Waals surface area contributed by atoms with Crippen LogP contribution in [0.15, 0.2) is 30.5 Å². The molecule has 3 nitrogen and oxygen atoms in total. The standard InChI is InChI=1S/C15H19NO2/c1-10(8-14(17)15(2,3)18)12-9-16-13-7-5-4-6-11(12)13/h4-7,9-10,16,18H,8H2,1-3H3/t10-/m0/s1. The van der Waals surface area contributed by atoms with E-state index in [1.54, 1.807) is 0 Å². The van der Waals surface area contributed by atoms with E-state index in [1.807, 2.05) is 37.4 Å². The van der Waals surface area contributed by atoms with Crippen molar-refractivity contribution >= 4 is 16.7 Å². The highest BCUT2D eigenvalue weighted by molar-refractivity contribution is 5.88. The van der Waals surface area contributed by atoms with Crippen LogP contribution in [0, 0.1) is 0 Å². The van der Waals surface area contributed by atoms with Gasteiger partial charge < -0.3 is 10.1 Å². The first kappa shape index (κ1) is 12.8. The van der Waals surface area contributed by atoms with Gasteiger partial charge in [-0.15, -0.1) is 0 Å². The van der Waals surface area contributed by atoms with E-state index in [1.165, 1.54) is 13.8 Å². The molecule has 96 valence electrons. The Kier molecular flexibility index (Phi) is 3.26. The van der Waals surface area contributed by atoms with Gasteiger partial charge in [0.2, 0.25) is 0 Å². The first-order valence-electron chi connectivity index (χ1n) is 6.21. The molecule has 1 aromatic heterocycles. The highest BCUT2D eigenvalue weighted by Crippen LogP contribution is 2.28. The van der Waals surface area contributed by atoms with Gasteiger partial charge in [0.05, 0.1) is 0 Å². The number of hydrogen-bond donors (Lipinski definition) is 2. The third kappa shape index (κ3) is 2.46. The number of rotatable bonds is 4. The van der Waals surface area contributed by atoms with Crippen LogP contribution in [0.1, 0.15) is 38.7 Å². The van der Waals surface area contributed by atoms with Gasteiger partial charge in [0.25, 0.3) is 0 Å². The van der Waals surface area contributed by atoms with Crippen molar-refractivity contribution in [2.45, 2.75) is 38.7 Å². The molecule has 1 atom stereocenters. The molecule has 2 aromatic rings.